The Bertz CT molecular complexity index is 780. The number of rotatable bonds is 5. The summed E-state index contributed by atoms with van der Waals surface area (Å²) < 4.78 is 27.0. The first-order chi connectivity index (χ1) is 10.9. The van der Waals surface area contributed by atoms with Crippen molar-refractivity contribution in [1.82, 2.24) is 0 Å². The van der Waals surface area contributed by atoms with Gasteiger partial charge in [0, 0.05) is 11.6 Å². The summed E-state index contributed by atoms with van der Waals surface area (Å²) in [6, 6.07) is 7.66. The molecule has 0 aliphatic heterocycles. The lowest BCUT2D eigenvalue weighted by Gasteiger charge is -2.02. The van der Waals surface area contributed by atoms with Crippen molar-refractivity contribution in [3.8, 4) is 0 Å². The first kappa shape index (κ1) is 16.5. The zero-order valence-corrected chi connectivity index (χ0v) is 12.3. The van der Waals surface area contributed by atoms with Crippen LogP contribution in [0.2, 0.25) is 0 Å². The van der Waals surface area contributed by atoms with E-state index in [9.17, 15) is 23.7 Å². The Kier molecular flexibility index (Phi) is 4.95. The number of ketones is 1. The van der Waals surface area contributed by atoms with Gasteiger partial charge < -0.3 is 0 Å². The van der Waals surface area contributed by atoms with E-state index < -0.39 is 27.9 Å². The zero-order valence-electron chi connectivity index (χ0n) is 12.3. The number of benzene rings is 2. The second-order valence-electron chi connectivity index (χ2n) is 4.79. The smallest absolute Gasteiger partial charge is 0.273 e. The van der Waals surface area contributed by atoms with Crippen LogP contribution in [0.25, 0.3) is 6.08 Å². The van der Waals surface area contributed by atoms with Crippen LogP contribution in [0.1, 0.15) is 28.4 Å². The van der Waals surface area contributed by atoms with Crippen molar-refractivity contribution in [2.75, 3.05) is 0 Å². The van der Waals surface area contributed by atoms with Gasteiger partial charge in [-0.25, -0.2) is 8.78 Å². The van der Waals surface area contributed by atoms with Gasteiger partial charge in [0.25, 0.3) is 5.69 Å². The van der Waals surface area contributed by atoms with Crippen molar-refractivity contribution >= 4 is 17.5 Å². The van der Waals surface area contributed by atoms with Crippen molar-refractivity contribution < 1.29 is 18.5 Å². The highest BCUT2D eigenvalue weighted by Gasteiger charge is 2.15. The summed E-state index contributed by atoms with van der Waals surface area (Å²) in [6.07, 6.45) is 2.78. The third-order valence-corrected chi connectivity index (χ3v) is 3.32. The molecule has 0 aromatic heterocycles. The average molecular weight is 317 g/mol. The monoisotopic (exact) mass is 317 g/mol. The average Bonchev–Trinajstić information content (AvgIpc) is 2.52. The molecule has 0 saturated heterocycles. The number of nitrogens with zero attached hydrogens (tertiary/aromatic N) is 1. The van der Waals surface area contributed by atoms with Crippen LogP contribution in [-0.4, -0.2) is 10.7 Å². The molecular weight excluding hydrogens is 304 g/mol. The van der Waals surface area contributed by atoms with Crippen molar-refractivity contribution in [2.45, 2.75) is 13.3 Å². The highest BCUT2D eigenvalue weighted by molar-refractivity contribution is 6.07. The number of carbonyl (C=O) groups is 1. The van der Waals surface area contributed by atoms with Gasteiger partial charge in [-0.05, 0) is 30.2 Å². The fourth-order valence-electron chi connectivity index (χ4n) is 2.14. The van der Waals surface area contributed by atoms with Crippen LogP contribution in [-0.2, 0) is 6.42 Å². The van der Waals surface area contributed by atoms with E-state index in [1.165, 1.54) is 12.1 Å². The molecule has 23 heavy (non-hydrogen) atoms. The molecule has 0 spiro atoms. The van der Waals surface area contributed by atoms with E-state index in [1.54, 1.807) is 19.1 Å². The van der Waals surface area contributed by atoms with Crippen LogP contribution >= 0.6 is 0 Å². The van der Waals surface area contributed by atoms with Gasteiger partial charge in [-0.1, -0.05) is 31.2 Å². The molecule has 0 fully saturated rings. The van der Waals surface area contributed by atoms with Gasteiger partial charge in [0.2, 0.25) is 0 Å². The molecule has 0 N–H and O–H groups in total. The maximum atomic E-state index is 13.5. The van der Waals surface area contributed by atoms with Gasteiger partial charge in [0.15, 0.2) is 5.78 Å². The topological polar surface area (TPSA) is 60.2 Å². The van der Waals surface area contributed by atoms with Crippen molar-refractivity contribution in [3.05, 3.63) is 80.9 Å². The minimum atomic E-state index is -0.952. The van der Waals surface area contributed by atoms with Crippen LogP contribution in [0.5, 0.6) is 0 Å². The van der Waals surface area contributed by atoms with E-state index in [-0.39, 0.29) is 5.69 Å². The summed E-state index contributed by atoms with van der Waals surface area (Å²) in [5.41, 5.74) is 0.264. The first-order valence-electron chi connectivity index (χ1n) is 6.87. The van der Waals surface area contributed by atoms with E-state index >= 15 is 0 Å². The Balaban J connectivity index is 2.32. The molecular formula is C17H13F2NO3. The molecule has 0 saturated carbocycles. The molecule has 6 heteroatoms. The van der Waals surface area contributed by atoms with Crippen LogP contribution in [0.4, 0.5) is 14.5 Å². The lowest BCUT2D eigenvalue weighted by atomic mass is 10.0. The molecule has 0 amide bonds. The summed E-state index contributed by atoms with van der Waals surface area (Å²) in [4.78, 5) is 22.4. The van der Waals surface area contributed by atoms with E-state index in [0.29, 0.717) is 17.5 Å². The molecule has 0 aliphatic carbocycles. The number of nitro benzene ring substituents is 1. The van der Waals surface area contributed by atoms with Gasteiger partial charge in [-0.2, -0.15) is 0 Å². The molecule has 118 valence electrons. The number of hydrogen-bond acceptors (Lipinski definition) is 3. The molecule has 4 nitrogen and oxygen atoms in total. The number of allylic oxidation sites excluding steroid dienone is 1. The summed E-state index contributed by atoms with van der Waals surface area (Å²) in [6.45, 7) is 1.79. The molecule has 0 heterocycles. The normalized spacial score (nSPS) is 10.9. The first-order valence-corrected chi connectivity index (χ1v) is 6.87. The summed E-state index contributed by atoms with van der Waals surface area (Å²) in [5, 5.41) is 11.0. The Morgan fingerprint density at radius 2 is 1.87 bits per heavy atom. The van der Waals surface area contributed by atoms with Crippen LogP contribution in [0.15, 0.2) is 42.5 Å². The maximum Gasteiger partial charge on any atom is 0.273 e. The largest absolute Gasteiger partial charge is 0.289 e. The van der Waals surface area contributed by atoms with Crippen LogP contribution in [0.3, 0.4) is 0 Å². The summed E-state index contributed by atoms with van der Waals surface area (Å²) >= 11 is 0. The molecule has 0 radical (unpaired) electrons. The SMILES string of the molecule is CCc1ccc(/C=C/C(=O)c2c(F)cccc2F)cc1[N+](=O)[O-]. The van der Waals surface area contributed by atoms with Gasteiger partial charge in [-0.15, -0.1) is 0 Å². The van der Waals surface area contributed by atoms with E-state index in [4.69, 9.17) is 0 Å². The number of aryl methyl sites for hydroxylation is 1. The van der Waals surface area contributed by atoms with Gasteiger partial charge in [-0.3, -0.25) is 14.9 Å². The fourth-order valence-corrected chi connectivity index (χ4v) is 2.14. The molecule has 2 aromatic carbocycles. The number of nitro groups is 1. The molecule has 0 bridgehead atoms. The van der Waals surface area contributed by atoms with Crippen molar-refractivity contribution in [3.63, 3.8) is 0 Å². The third-order valence-electron chi connectivity index (χ3n) is 3.32. The van der Waals surface area contributed by atoms with Crippen molar-refractivity contribution in [1.29, 1.82) is 0 Å². The van der Waals surface area contributed by atoms with Gasteiger partial charge >= 0.3 is 0 Å². The predicted octanol–water partition coefficient (Wildman–Crippen LogP) is 4.33. The van der Waals surface area contributed by atoms with Gasteiger partial charge in [0.05, 0.1) is 10.5 Å². The quantitative estimate of drug-likeness (QED) is 0.357. The highest BCUT2D eigenvalue weighted by Crippen LogP contribution is 2.22. The second kappa shape index (κ2) is 6.91. The second-order valence-corrected chi connectivity index (χ2v) is 4.79. The molecule has 2 aromatic rings. The van der Waals surface area contributed by atoms with E-state index in [0.717, 1.165) is 24.3 Å². The third kappa shape index (κ3) is 3.66. The maximum absolute atomic E-state index is 13.5. The Hall–Kier alpha value is -2.89. The Labute approximate surface area is 131 Å². The lowest BCUT2D eigenvalue weighted by molar-refractivity contribution is -0.385. The molecule has 0 aliphatic rings. The minimum absolute atomic E-state index is 0.0563. The number of halogens is 2. The van der Waals surface area contributed by atoms with Crippen LogP contribution in [0, 0.1) is 21.7 Å². The lowest BCUT2D eigenvalue weighted by Crippen LogP contribution is -2.02. The fraction of sp³-hybridized carbons (Fsp3) is 0.118. The standard InChI is InChI=1S/C17H13F2NO3/c1-2-12-8-6-11(10-15(12)20(22)23)7-9-16(21)17-13(18)4-3-5-14(17)19/h3-10H,2H2,1H3/b9-7+. The van der Waals surface area contributed by atoms with Gasteiger partial charge in [0.1, 0.15) is 11.6 Å². The Morgan fingerprint density at radius 3 is 2.43 bits per heavy atom. The summed E-state index contributed by atoms with van der Waals surface area (Å²) in [7, 11) is 0. The zero-order chi connectivity index (χ0) is 17.0. The highest BCUT2D eigenvalue weighted by atomic mass is 19.1. The summed E-state index contributed by atoms with van der Waals surface area (Å²) in [5.74, 6) is -2.75. The molecule has 2 rings (SSSR count). The van der Waals surface area contributed by atoms with Crippen molar-refractivity contribution in [2.24, 2.45) is 0 Å². The Morgan fingerprint density at radius 1 is 1.22 bits per heavy atom. The minimum Gasteiger partial charge on any atom is -0.289 e. The predicted molar refractivity (Wildman–Crippen MR) is 82.2 cm³/mol. The number of hydrogen-bond donors (Lipinski definition) is 0. The van der Waals surface area contributed by atoms with E-state index in [1.807, 2.05) is 0 Å². The van der Waals surface area contributed by atoms with Crippen LogP contribution < -0.4 is 0 Å². The van der Waals surface area contributed by atoms with E-state index in [2.05, 4.69) is 0 Å². The molecule has 0 atom stereocenters. The number of carbonyl (C=O) groups excluding carboxylic acids is 1. The molecule has 0 unspecified atom stereocenters.